The Bertz CT molecular complexity index is 1700. The highest BCUT2D eigenvalue weighted by Gasteiger charge is 2.35. The molecule has 1 N–H and O–H groups in total. The van der Waals surface area contributed by atoms with Crippen LogP contribution in [-0.4, -0.2) is 50.9 Å². The van der Waals surface area contributed by atoms with E-state index >= 15 is 0 Å². The molecule has 46 heavy (non-hydrogen) atoms. The summed E-state index contributed by atoms with van der Waals surface area (Å²) in [7, 11) is -2.75. The lowest BCUT2D eigenvalue weighted by Gasteiger charge is -2.34. The Morgan fingerprint density at radius 1 is 0.870 bits per heavy atom. The largest absolute Gasteiger partial charge is 0.497 e. The van der Waals surface area contributed by atoms with E-state index < -0.39 is 28.5 Å². The zero-order valence-corrected chi connectivity index (χ0v) is 28.1. The number of carbonyl (C=O) groups is 2. The molecule has 8 nitrogen and oxygen atoms in total. The highest BCUT2D eigenvalue weighted by Crippen LogP contribution is 2.27. The van der Waals surface area contributed by atoms with Gasteiger partial charge in [-0.25, -0.2) is 8.42 Å². The summed E-state index contributed by atoms with van der Waals surface area (Å²) in [5.41, 5.74) is 2.99. The fourth-order valence-electron chi connectivity index (χ4n) is 4.90. The maximum Gasteiger partial charge on any atom is 0.264 e. The minimum atomic E-state index is -4.24. The second-order valence-corrected chi connectivity index (χ2v) is 13.5. The van der Waals surface area contributed by atoms with Crippen molar-refractivity contribution < 1.29 is 22.7 Å². The minimum Gasteiger partial charge on any atom is -0.497 e. The molecule has 2 atom stereocenters. The molecule has 0 unspecified atom stereocenters. The van der Waals surface area contributed by atoms with E-state index in [9.17, 15) is 18.0 Å². The van der Waals surface area contributed by atoms with Gasteiger partial charge >= 0.3 is 0 Å². The molecule has 0 aromatic heterocycles. The van der Waals surface area contributed by atoms with Crippen LogP contribution < -0.4 is 14.4 Å². The van der Waals surface area contributed by atoms with Crippen molar-refractivity contribution in [1.82, 2.24) is 10.2 Å². The number of nitrogens with one attached hydrogen (secondary N) is 1. The van der Waals surface area contributed by atoms with Crippen molar-refractivity contribution in [2.75, 3.05) is 18.0 Å². The standard InChI is InChI=1S/C36H40ClN3O5S/c1-5-27(3)38-36(42)34(23-28-9-7-6-8-10-28)39(24-29-13-11-26(2)12-14-29)35(41)25-40(31-17-15-30(37)16-18-31)46(43,44)33-21-19-32(45-4)20-22-33/h6-22,27,34H,5,23-25H2,1-4H3,(H,38,42)/t27-,34-/m0/s1. The zero-order valence-electron chi connectivity index (χ0n) is 26.5. The predicted molar refractivity (Wildman–Crippen MR) is 183 cm³/mol. The molecule has 0 heterocycles. The molecule has 0 fully saturated rings. The van der Waals surface area contributed by atoms with E-state index in [1.54, 1.807) is 36.4 Å². The van der Waals surface area contributed by atoms with Gasteiger partial charge in [-0.1, -0.05) is 78.7 Å². The second-order valence-electron chi connectivity index (χ2n) is 11.2. The Balaban J connectivity index is 1.80. The number of methoxy groups -OCH3 is 1. The summed E-state index contributed by atoms with van der Waals surface area (Å²) in [5, 5.41) is 3.47. The molecule has 4 rings (SSSR count). The van der Waals surface area contributed by atoms with Gasteiger partial charge in [0.25, 0.3) is 10.0 Å². The summed E-state index contributed by atoms with van der Waals surface area (Å²) >= 11 is 6.14. The van der Waals surface area contributed by atoms with Gasteiger partial charge < -0.3 is 15.0 Å². The Hall–Kier alpha value is -4.34. The molecule has 4 aromatic carbocycles. The summed E-state index contributed by atoms with van der Waals surface area (Å²) < 4.78 is 34.6. The first-order chi connectivity index (χ1) is 22.0. The van der Waals surface area contributed by atoms with E-state index in [0.29, 0.717) is 17.2 Å². The van der Waals surface area contributed by atoms with Crippen LogP contribution in [-0.2, 0) is 32.6 Å². The molecule has 0 spiro atoms. The van der Waals surface area contributed by atoms with Gasteiger partial charge in [-0.3, -0.25) is 13.9 Å². The molecule has 4 aromatic rings. The summed E-state index contributed by atoms with van der Waals surface area (Å²) in [6, 6.07) is 28.4. The van der Waals surface area contributed by atoms with E-state index in [4.69, 9.17) is 16.3 Å². The molecule has 0 saturated heterocycles. The normalized spacial score (nSPS) is 12.5. The van der Waals surface area contributed by atoms with Crippen molar-refractivity contribution in [1.29, 1.82) is 0 Å². The first-order valence-electron chi connectivity index (χ1n) is 15.1. The molecule has 242 valence electrons. The number of nitrogens with zero attached hydrogens (tertiary/aromatic N) is 2. The van der Waals surface area contributed by atoms with E-state index in [1.165, 1.54) is 24.1 Å². The topological polar surface area (TPSA) is 96.0 Å². The highest BCUT2D eigenvalue weighted by atomic mass is 35.5. The lowest BCUT2D eigenvalue weighted by Crippen LogP contribution is -2.54. The Labute approximate surface area is 277 Å². The Morgan fingerprint density at radius 3 is 2.09 bits per heavy atom. The zero-order chi connectivity index (χ0) is 33.3. The number of halogens is 1. The van der Waals surface area contributed by atoms with Gasteiger partial charge in [0.2, 0.25) is 11.8 Å². The molecular weight excluding hydrogens is 622 g/mol. The molecule has 0 aliphatic rings. The summed E-state index contributed by atoms with van der Waals surface area (Å²) in [6.07, 6.45) is 0.951. The van der Waals surface area contributed by atoms with Crippen LogP contribution in [0.25, 0.3) is 0 Å². The lowest BCUT2D eigenvalue weighted by molar-refractivity contribution is -0.140. The van der Waals surface area contributed by atoms with Crippen LogP contribution in [0.3, 0.4) is 0 Å². The van der Waals surface area contributed by atoms with Gasteiger partial charge in [0.05, 0.1) is 17.7 Å². The van der Waals surface area contributed by atoms with Crippen LogP contribution in [0, 0.1) is 6.92 Å². The van der Waals surface area contributed by atoms with Crippen molar-refractivity contribution in [3.63, 3.8) is 0 Å². The molecule has 0 radical (unpaired) electrons. The van der Waals surface area contributed by atoms with Crippen molar-refractivity contribution in [3.05, 3.63) is 125 Å². The average molecular weight is 662 g/mol. The van der Waals surface area contributed by atoms with Crippen LogP contribution >= 0.6 is 11.6 Å². The van der Waals surface area contributed by atoms with Crippen LogP contribution in [0.2, 0.25) is 5.02 Å². The monoisotopic (exact) mass is 661 g/mol. The lowest BCUT2D eigenvalue weighted by atomic mass is 10.0. The number of amides is 2. The molecule has 0 bridgehead atoms. The van der Waals surface area contributed by atoms with E-state index in [-0.39, 0.29) is 35.5 Å². The number of hydrogen-bond donors (Lipinski definition) is 1. The van der Waals surface area contributed by atoms with Gasteiger partial charge in [0.1, 0.15) is 18.3 Å². The molecular formula is C36H40ClN3O5S. The quantitative estimate of drug-likeness (QED) is 0.169. The van der Waals surface area contributed by atoms with E-state index in [1.807, 2.05) is 75.4 Å². The Kier molecular flexibility index (Phi) is 11.8. The third-order valence-electron chi connectivity index (χ3n) is 7.79. The number of hydrogen-bond acceptors (Lipinski definition) is 5. The van der Waals surface area contributed by atoms with Gasteiger partial charge in [0.15, 0.2) is 0 Å². The fraction of sp³-hybridized carbons (Fsp3) is 0.278. The van der Waals surface area contributed by atoms with Gasteiger partial charge in [-0.05, 0) is 79.9 Å². The SMILES string of the molecule is CC[C@H](C)NC(=O)[C@H](Cc1ccccc1)N(Cc1ccc(C)cc1)C(=O)CN(c1ccc(Cl)cc1)S(=O)(=O)c1ccc(OC)cc1. The fourth-order valence-corrected chi connectivity index (χ4v) is 6.44. The van der Waals surface area contributed by atoms with Crippen LogP contribution in [0.4, 0.5) is 5.69 Å². The van der Waals surface area contributed by atoms with Crippen molar-refractivity contribution in [2.45, 2.75) is 57.1 Å². The molecule has 0 saturated carbocycles. The number of carbonyl (C=O) groups excluding carboxylic acids is 2. The smallest absolute Gasteiger partial charge is 0.264 e. The van der Waals surface area contributed by atoms with Crippen LogP contribution in [0.1, 0.15) is 37.0 Å². The van der Waals surface area contributed by atoms with Crippen molar-refractivity contribution >= 4 is 39.1 Å². The van der Waals surface area contributed by atoms with Crippen LogP contribution in [0.15, 0.2) is 108 Å². The summed E-state index contributed by atoms with van der Waals surface area (Å²) in [5.74, 6) is -0.351. The van der Waals surface area contributed by atoms with Gasteiger partial charge in [-0.2, -0.15) is 0 Å². The third-order valence-corrected chi connectivity index (χ3v) is 9.83. The van der Waals surface area contributed by atoms with Gasteiger partial charge in [-0.15, -0.1) is 0 Å². The number of ether oxygens (including phenoxy) is 1. The van der Waals surface area contributed by atoms with Crippen LogP contribution in [0.5, 0.6) is 5.75 Å². The second kappa shape index (κ2) is 15.8. The molecule has 0 aliphatic carbocycles. The minimum absolute atomic E-state index is 0.0171. The van der Waals surface area contributed by atoms with Crippen molar-refractivity contribution in [3.8, 4) is 5.75 Å². The average Bonchev–Trinajstić information content (AvgIpc) is 3.06. The predicted octanol–water partition coefficient (Wildman–Crippen LogP) is 6.41. The summed E-state index contributed by atoms with van der Waals surface area (Å²) in [6.45, 7) is 5.40. The summed E-state index contributed by atoms with van der Waals surface area (Å²) in [4.78, 5) is 29.9. The molecule has 10 heteroatoms. The number of anilines is 1. The molecule has 0 aliphatic heterocycles. The van der Waals surface area contributed by atoms with E-state index in [0.717, 1.165) is 21.0 Å². The number of sulfonamides is 1. The van der Waals surface area contributed by atoms with E-state index in [2.05, 4.69) is 5.32 Å². The maximum atomic E-state index is 14.5. The maximum absolute atomic E-state index is 14.5. The number of aryl methyl sites for hydroxylation is 1. The van der Waals surface area contributed by atoms with Crippen molar-refractivity contribution in [2.24, 2.45) is 0 Å². The number of rotatable bonds is 14. The highest BCUT2D eigenvalue weighted by molar-refractivity contribution is 7.92. The first kappa shape index (κ1) is 34.5. The van der Waals surface area contributed by atoms with Gasteiger partial charge in [0, 0.05) is 24.0 Å². The molecule has 2 amide bonds. The Morgan fingerprint density at radius 2 is 1.50 bits per heavy atom. The first-order valence-corrected chi connectivity index (χ1v) is 16.9. The third kappa shape index (κ3) is 8.89. The number of benzene rings is 4.